The molecule has 2 aliphatic rings. The van der Waals surface area contributed by atoms with Gasteiger partial charge in [-0.15, -0.1) is 0 Å². The van der Waals surface area contributed by atoms with Crippen molar-refractivity contribution in [1.29, 1.82) is 0 Å². The van der Waals surface area contributed by atoms with E-state index in [2.05, 4.69) is 27.4 Å². The van der Waals surface area contributed by atoms with Crippen LogP contribution in [0.5, 0.6) is 11.5 Å². The van der Waals surface area contributed by atoms with Gasteiger partial charge < -0.3 is 23.9 Å². The van der Waals surface area contributed by atoms with Gasteiger partial charge in [0.1, 0.15) is 17.4 Å². The maximum atomic E-state index is 6.07. The van der Waals surface area contributed by atoms with Crippen LogP contribution >= 0.6 is 0 Å². The van der Waals surface area contributed by atoms with E-state index in [1.54, 1.807) is 6.33 Å². The highest BCUT2D eigenvalue weighted by molar-refractivity contribution is 6.05. The molecule has 2 aromatic heterocycles. The van der Waals surface area contributed by atoms with Crippen LogP contribution in [0.15, 0.2) is 53.2 Å². The lowest BCUT2D eigenvalue weighted by Crippen LogP contribution is -2.40. The minimum atomic E-state index is -0.0947. The Labute approximate surface area is 173 Å². The quantitative estimate of drug-likeness (QED) is 0.545. The predicted molar refractivity (Wildman–Crippen MR) is 112 cm³/mol. The summed E-state index contributed by atoms with van der Waals surface area (Å²) in [5.74, 6) is 2.32. The average Bonchev–Trinajstić information content (AvgIpc) is 3.42. The SMILES string of the molecule is c1ccc2c(c1)oc1c(NCC3(c4ccc5c(c4)OCO5)CCOCC3)ncnc12. The molecule has 0 bridgehead atoms. The number of nitrogens with one attached hydrogen (secondary N) is 1. The van der Waals surface area contributed by atoms with Gasteiger partial charge in [-0.3, -0.25) is 0 Å². The fourth-order valence-electron chi connectivity index (χ4n) is 4.46. The van der Waals surface area contributed by atoms with Crippen LogP contribution < -0.4 is 14.8 Å². The fourth-order valence-corrected chi connectivity index (χ4v) is 4.46. The minimum absolute atomic E-state index is 0.0947. The number of fused-ring (bicyclic) bond motifs is 4. The molecule has 0 amide bonds. The first kappa shape index (κ1) is 17.5. The van der Waals surface area contributed by atoms with Gasteiger partial charge in [-0.05, 0) is 42.7 Å². The third-order valence-corrected chi connectivity index (χ3v) is 6.19. The summed E-state index contributed by atoms with van der Waals surface area (Å²) in [7, 11) is 0. The number of ether oxygens (including phenoxy) is 3. The van der Waals surface area contributed by atoms with E-state index in [1.807, 2.05) is 30.3 Å². The molecule has 1 N–H and O–H groups in total. The van der Waals surface area contributed by atoms with Gasteiger partial charge in [-0.1, -0.05) is 18.2 Å². The smallest absolute Gasteiger partial charge is 0.231 e. The summed E-state index contributed by atoms with van der Waals surface area (Å²) in [5.41, 5.74) is 3.45. The number of rotatable bonds is 4. The molecule has 4 heterocycles. The van der Waals surface area contributed by atoms with Crippen molar-refractivity contribution in [3.63, 3.8) is 0 Å². The molecule has 2 aromatic carbocycles. The molecule has 0 aliphatic carbocycles. The molecule has 0 saturated carbocycles. The molecule has 0 atom stereocenters. The second-order valence-electron chi connectivity index (χ2n) is 7.81. The van der Waals surface area contributed by atoms with Crippen molar-refractivity contribution in [3.8, 4) is 11.5 Å². The Morgan fingerprint density at radius 2 is 1.83 bits per heavy atom. The predicted octanol–water partition coefficient (Wildman–Crippen LogP) is 4.27. The standard InChI is InChI=1S/C23H21N3O4/c1-2-4-17-16(3-1)20-21(30-17)22(26-13-25-20)24-12-23(7-9-27-10-8-23)15-5-6-18-19(11-15)29-14-28-18/h1-6,11,13H,7-10,12,14H2,(H,24,25,26). The molecule has 7 heteroatoms. The van der Waals surface area contributed by atoms with Crippen LogP contribution in [0, 0.1) is 0 Å². The van der Waals surface area contributed by atoms with Gasteiger partial charge in [0.25, 0.3) is 0 Å². The monoisotopic (exact) mass is 403 g/mol. The number of nitrogens with zero attached hydrogens (tertiary/aromatic N) is 2. The van der Waals surface area contributed by atoms with Crippen molar-refractivity contribution in [2.24, 2.45) is 0 Å². The molecule has 0 radical (unpaired) electrons. The molecule has 30 heavy (non-hydrogen) atoms. The molecular formula is C23H21N3O4. The zero-order valence-electron chi connectivity index (χ0n) is 16.4. The summed E-state index contributed by atoms with van der Waals surface area (Å²) in [5, 5.41) is 4.55. The van der Waals surface area contributed by atoms with E-state index in [1.165, 1.54) is 5.56 Å². The van der Waals surface area contributed by atoms with E-state index in [4.69, 9.17) is 18.6 Å². The highest BCUT2D eigenvalue weighted by atomic mass is 16.7. The Bertz CT molecular complexity index is 1230. The minimum Gasteiger partial charge on any atom is -0.454 e. The third-order valence-electron chi connectivity index (χ3n) is 6.19. The molecule has 1 saturated heterocycles. The van der Waals surface area contributed by atoms with Crippen LogP contribution in [0.4, 0.5) is 5.82 Å². The summed E-state index contributed by atoms with van der Waals surface area (Å²) in [4.78, 5) is 8.92. The lowest BCUT2D eigenvalue weighted by atomic mass is 9.74. The molecular weight excluding hydrogens is 382 g/mol. The fraction of sp³-hybridized carbons (Fsp3) is 0.304. The first-order valence-electron chi connectivity index (χ1n) is 10.2. The number of hydrogen-bond donors (Lipinski definition) is 1. The Morgan fingerprint density at radius 3 is 2.77 bits per heavy atom. The summed E-state index contributed by atoms with van der Waals surface area (Å²) in [6.07, 6.45) is 3.41. The molecule has 2 aliphatic heterocycles. The Balaban J connectivity index is 1.36. The van der Waals surface area contributed by atoms with Crippen LogP contribution in [-0.2, 0) is 10.2 Å². The van der Waals surface area contributed by atoms with Crippen molar-refractivity contribution >= 4 is 27.9 Å². The van der Waals surface area contributed by atoms with Crippen LogP contribution in [0.25, 0.3) is 22.1 Å². The maximum absolute atomic E-state index is 6.07. The van der Waals surface area contributed by atoms with Gasteiger partial charge in [0.05, 0.1) is 0 Å². The van der Waals surface area contributed by atoms with Crippen LogP contribution in [0.1, 0.15) is 18.4 Å². The van der Waals surface area contributed by atoms with Crippen molar-refractivity contribution < 1.29 is 18.6 Å². The first-order chi connectivity index (χ1) is 14.8. The zero-order valence-corrected chi connectivity index (χ0v) is 16.4. The van der Waals surface area contributed by atoms with Gasteiger partial charge in [-0.25, -0.2) is 9.97 Å². The number of benzene rings is 2. The Morgan fingerprint density at radius 1 is 0.967 bits per heavy atom. The number of hydrogen-bond acceptors (Lipinski definition) is 7. The van der Waals surface area contributed by atoms with E-state index in [0.717, 1.165) is 54.0 Å². The highest BCUT2D eigenvalue weighted by Crippen LogP contribution is 2.41. The molecule has 1 fully saturated rings. The third kappa shape index (κ3) is 2.77. The molecule has 7 nitrogen and oxygen atoms in total. The molecule has 152 valence electrons. The number of para-hydroxylation sites is 1. The highest BCUT2D eigenvalue weighted by Gasteiger charge is 2.36. The van der Waals surface area contributed by atoms with E-state index < -0.39 is 0 Å². The van der Waals surface area contributed by atoms with Crippen molar-refractivity contribution in [2.75, 3.05) is 31.9 Å². The number of aromatic nitrogens is 2. The van der Waals surface area contributed by atoms with Gasteiger partial charge in [0.2, 0.25) is 6.79 Å². The maximum Gasteiger partial charge on any atom is 0.231 e. The second kappa shape index (κ2) is 6.88. The zero-order chi connectivity index (χ0) is 20.0. The summed E-state index contributed by atoms with van der Waals surface area (Å²) < 4.78 is 22.9. The van der Waals surface area contributed by atoms with E-state index in [0.29, 0.717) is 17.9 Å². The molecule has 0 spiro atoms. The van der Waals surface area contributed by atoms with Crippen LogP contribution in [0.2, 0.25) is 0 Å². The Hall–Kier alpha value is -3.32. The van der Waals surface area contributed by atoms with Gasteiger partial charge >= 0.3 is 0 Å². The van der Waals surface area contributed by atoms with Gasteiger partial charge in [-0.2, -0.15) is 0 Å². The van der Waals surface area contributed by atoms with E-state index in [9.17, 15) is 0 Å². The number of anilines is 1. The van der Waals surface area contributed by atoms with Gasteiger partial charge in [0.15, 0.2) is 22.9 Å². The average molecular weight is 403 g/mol. The first-order valence-corrected chi connectivity index (χ1v) is 10.2. The van der Waals surface area contributed by atoms with Gasteiger partial charge in [0, 0.05) is 30.6 Å². The second-order valence-corrected chi connectivity index (χ2v) is 7.81. The lowest BCUT2D eigenvalue weighted by molar-refractivity contribution is 0.0543. The Kier molecular flexibility index (Phi) is 4.02. The summed E-state index contributed by atoms with van der Waals surface area (Å²) >= 11 is 0. The van der Waals surface area contributed by atoms with Crippen molar-refractivity contribution in [1.82, 2.24) is 9.97 Å². The largest absolute Gasteiger partial charge is 0.454 e. The van der Waals surface area contributed by atoms with Crippen LogP contribution in [-0.4, -0.2) is 36.5 Å². The lowest BCUT2D eigenvalue weighted by Gasteiger charge is -2.38. The molecule has 6 rings (SSSR count). The van der Waals surface area contributed by atoms with E-state index in [-0.39, 0.29) is 12.2 Å². The van der Waals surface area contributed by atoms with Crippen molar-refractivity contribution in [3.05, 3.63) is 54.4 Å². The molecule has 4 aromatic rings. The van der Waals surface area contributed by atoms with Crippen molar-refractivity contribution in [2.45, 2.75) is 18.3 Å². The summed E-state index contributed by atoms with van der Waals surface area (Å²) in [6, 6.07) is 14.2. The van der Waals surface area contributed by atoms with E-state index >= 15 is 0 Å². The molecule has 0 unspecified atom stereocenters. The number of furan rings is 1. The summed E-state index contributed by atoms with van der Waals surface area (Å²) in [6.45, 7) is 2.43. The topological polar surface area (TPSA) is 78.6 Å². The normalized spacial score (nSPS) is 17.5. The van der Waals surface area contributed by atoms with Crippen LogP contribution in [0.3, 0.4) is 0 Å².